The van der Waals surface area contributed by atoms with Crippen LogP contribution in [0.1, 0.15) is 12.8 Å². The Hall–Kier alpha value is -1.60. The Morgan fingerprint density at radius 2 is 2.00 bits per heavy atom. The topological polar surface area (TPSA) is 84.9 Å². The lowest BCUT2D eigenvalue weighted by Crippen LogP contribution is -2.37. The number of amides is 1. The summed E-state index contributed by atoms with van der Waals surface area (Å²) in [6.45, 7) is 0.258. The van der Waals surface area contributed by atoms with Gasteiger partial charge in [0.2, 0.25) is 5.91 Å². The van der Waals surface area contributed by atoms with Crippen LogP contribution >= 0.6 is 15.9 Å². The number of aliphatic hydroxyl groups excluding tert-OH is 1. The first-order valence-corrected chi connectivity index (χ1v) is 7.23. The second kappa shape index (κ2) is 9.36. The Morgan fingerprint density at radius 3 is 2.62 bits per heavy atom. The van der Waals surface area contributed by atoms with Gasteiger partial charge in [0.1, 0.15) is 5.75 Å². The number of nitrogens with one attached hydrogen (secondary N) is 1. The molecular formula is C14H18BrNO5. The zero-order valence-electron chi connectivity index (χ0n) is 11.7. The molecule has 0 aliphatic heterocycles. The second-order valence-electron chi connectivity index (χ2n) is 4.25. The highest BCUT2D eigenvalue weighted by Gasteiger charge is 2.15. The largest absolute Gasteiger partial charge is 0.494 e. The second-order valence-corrected chi connectivity index (χ2v) is 5.16. The average Bonchev–Trinajstić information content (AvgIpc) is 2.50. The molecule has 0 spiro atoms. The SMILES string of the molecule is COC(=O)C(O)CNC(=O)CCCOc1ccc(Br)cc1. The van der Waals surface area contributed by atoms with E-state index in [4.69, 9.17) is 4.74 Å². The van der Waals surface area contributed by atoms with E-state index in [1.165, 1.54) is 7.11 Å². The molecule has 7 heteroatoms. The summed E-state index contributed by atoms with van der Waals surface area (Å²) in [6.07, 6.45) is -0.543. The minimum atomic E-state index is -1.34. The van der Waals surface area contributed by atoms with E-state index in [9.17, 15) is 14.7 Å². The maximum atomic E-state index is 11.5. The number of esters is 1. The molecule has 116 valence electrons. The first-order valence-electron chi connectivity index (χ1n) is 6.44. The van der Waals surface area contributed by atoms with Gasteiger partial charge in [-0.3, -0.25) is 4.79 Å². The zero-order chi connectivity index (χ0) is 15.7. The number of carbonyl (C=O) groups is 2. The summed E-state index contributed by atoms with van der Waals surface area (Å²) >= 11 is 3.33. The molecule has 0 fully saturated rings. The standard InChI is InChI=1S/C14H18BrNO5/c1-20-14(19)12(17)9-16-13(18)3-2-8-21-11-6-4-10(15)5-7-11/h4-7,12,17H,2-3,8-9H2,1H3,(H,16,18). The van der Waals surface area contributed by atoms with Gasteiger partial charge < -0.3 is 19.9 Å². The Bertz CT molecular complexity index is 463. The maximum Gasteiger partial charge on any atom is 0.336 e. The lowest BCUT2D eigenvalue weighted by Gasteiger charge is -2.10. The van der Waals surface area contributed by atoms with Crippen molar-refractivity contribution < 1.29 is 24.2 Å². The highest BCUT2D eigenvalue weighted by molar-refractivity contribution is 9.10. The zero-order valence-corrected chi connectivity index (χ0v) is 13.3. The molecule has 1 aromatic rings. The van der Waals surface area contributed by atoms with Crippen LogP contribution in [0.3, 0.4) is 0 Å². The van der Waals surface area contributed by atoms with E-state index in [0.29, 0.717) is 13.0 Å². The van der Waals surface area contributed by atoms with Crippen LogP contribution < -0.4 is 10.1 Å². The predicted octanol–water partition coefficient (Wildman–Crippen LogP) is 1.26. The molecule has 21 heavy (non-hydrogen) atoms. The van der Waals surface area contributed by atoms with Gasteiger partial charge in [-0.05, 0) is 30.7 Å². The van der Waals surface area contributed by atoms with Crippen molar-refractivity contribution in [3.05, 3.63) is 28.7 Å². The smallest absolute Gasteiger partial charge is 0.336 e. The molecule has 1 unspecified atom stereocenters. The molecule has 0 bridgehead atoms. The van der Waals surface area contributed by atoms with Crippen LogP contribution in [0.5, 0.6) is 5.75 Å². The Balaban J connectivity index is 2.13. The quantitative estimate of drug-likeness (QED) is 0.539. The fraction of sp³-hybridized carbons (Fsp3) is 0.429. The number of hydrogen-bond donors (Lipinski definition) is 2. The van der Waals surface area contributed by atoms with Crippen molar-refractivity contribution in [1.82, 2.24) is 5.32 Å². The molecule has 2 N–H and O–H groups in total. The van der Waals surface area contributed by atoms with Crippen molar-refractivity contribution in [3.8, 4) is 5.75 Å². The summed E-state index contributed by atoms with van der Waals surface area (Å²) in [5, 5.41) is 11.7. The van der Waals surface area contributed by atoms with Gasteiger partial charge in [0.25, 0.3) is 0 Å². The number of aliphatic hydroxyl groups is 1. The third-order valence-corrected chi connectivity index (χ3v) is 3.13. The van der Waals surface area contributed by atoms with Gasteiger partial charge in [-0.2, -0.15) is 0 Å². The van der Waals surface area contributed by atoms with Crippen LogP contribution in [0.25, 0.3) is 0 Å². The summed E-state index contributed by atoms with van der Waals surface area (Å²) < 4.78 is 10.8. The molecule has 0 radical (unpaired) electrons. The van der Waals surface area contributed by atoms with E-state index in [1.54, 1.807) is 0 Å². The van der Waals surface area contributed by atoms with Crippen molar-refractivity contribution >= 4 is 27.8 Å². The van der Waals surface area contributed by atoms with Gasteiger partial charge in [0.15, 0.2) is 6.10 Å². The highest BCUT2D eigenvalue weighted by atomic mass is 79.9. The fourth-order valence-corrected chi connectivity index (χ4v) is 1.74. The number of rotatable bonds is 8. The third-order valence-electron chi connectivity index (χ3n) is 2.60. The predicted molar refractivity (Wildman–Crippen MR) is 79.9 cm³/mol. The Labute approximate surface area is 131 Å². The average molecular weight is 360 g/mol. The molecule has 0 saturated carbocycles. The summed E-state index contributed by atoms with van der Waals surface area (Å²) in [4.78, 5) is 22.4. The summed E-state index contributed by atoms with van der Waals surface area (Å²) in [5.74, 6) is -0.286. The molecule has 1 rings (SSSR count). The van der Waals surface area contributed by atoms with Crippen LogP contribution in [0.4, 0.5) is 0 Å². The molecule has 0 heterocycles. The number of hydrogen-bond acceptors (Lipinski definition) is 5. The number of benzene rings is 1. The van der Waals surface area contributed by atoms with Crippen LogP contribution in [-0.4, -0.2) is 43.3 Å². The number of ether oxygens (including phenoxy) is 2. The van der Waals surface area contributed by atoms with E-state index in [-0.39, 0.29) is 18.9 Å². The molecule has 6 nitrogen and oxygen atoms in total. The summed E-state index contributed by atoms with van der Waals surface area (Å²) in [5.41, 5.74) is 0. The van der Waals surface area contributed by atoms with Crippen LogP contribution in [0.15, 0.2) is 28.7 Å². The van der Waals surface area contributed by atoms with Crippen molar-refractivity contribution in [3.63, 3.8) is 0 Å². The first kappa shape index (κ1) is 17.5. The van der Waals surface area contributed by atoms with E-state index in [0.717, 1.165) is 10.2 Å². The van der Waals surface area contributed by atoms with Gasteiger partial charge >= 0.3 is 5.97 Å². The summed E-state index contributed by atoms with van der Waals surface area (Å²) in [7, 11) is 1.17. The lowest BCUT2D eigenvalue weighted by molar-refractivity contribution is -0.150. The first-order chi connectivity index (χ1) is 10.0. The van der Waals surface area contributed by atoms with Crippen molar-refractivity contribution in [2.24, 2.45) is 0 Å². The van der Waals surface area contributed by atoms with Gasteiger partial charge in [-0.25, -0.2) is 4.79 Å². The Kier molecular flexibility index (Phi) is 7.78. The molecule has 1 atom stereocenters. The number of halogens is 1. The van der Waals surface area contributed by atoms with Crippen LogP contribution in [-0.2, 0) is 14.3 Å². The number of carbonyl (C=O) groups excluding carboxylic acids is 2. The monoisotopic (exact) mass is 359 g/mol. The minimum absolute atomic E-state index is 0.154. The van der Waals surface area contributed by atoms with Gasteiger partial charge in [-0.15, -0.1) is 0 Å². The van der Waals surface area contributed by atoms with Crippen LogP contribution in [0.2, 0.25) is 0 Å². The van der Waals surface area contributed by atoms with E-state index >= 15 is 0 Å². The molecule has 1 aromatic carbocycles. The molecule has 0 aliphatic carbocycles. The molecule has 1 amide bonds. The van der Waals surface area contributed by atoms with E-state index in [1.807, 2.05) is 24.3 Å². The normalized spacial score (nSPS) is 11.6. The molecule has 0 aliphatic rings. The van der Waals surface area contributed by atoms with Gasteiger partial charge in [-0.1, -0.05) is 15.9 Å². The summed E-state index contributed by atoms with van der Waals surface area (Å²) in [6, 6.07) is 7.40. The fourth-order valence-electron chi connectivity index (χ4n) is 1.47. The van der Waals surface area contributed by atoms with Gasteiger partial charge in [0.05, 0.1) is 20.3 Å². The minimum Gasteiger partial charge on any atom is -0.494 e. The molecule has 0 aromatic heterocycles. The van der Waals surface area contributed by atoms with E-state index in [2.05, 4.69) is 26.0 Å². The van der Waals surface area contributed by atoms with Crippen molar-refractivity contribution in [2.75, 3.05) is 20.3 Å². The highest BCUT2D eigenvalue weighted by Crippen LogP contribution is 2.16. The van der Waals surface area contributed by atoms with Crippen molar-refractivity contribution in [2.45, 2.75) is 18.9 Å². The van der Waals surface area contributed by atoms with E-state index < -0.39 is 12.1 Å². The number of methoxy groups -OCH3 is 1. The van der Waals surface area contributed by atoms with Gasteiger partial charge in [0, 0.05) is 10.9 Å². The Morgan fingerprint density at radius 1 is 1.33 bits per heavy atom. The molecule has 0 saturated heterocycles. The maximum absolute atomic E-state index is 11.5. The lowest BCUT2D eigenvalue weighted by atomic mass is 10.3. The third kappa shape index (κ3) is 7.10. The van der Waals surface area contributed by atoms with Crippen molar-refractivity contribution in [1.29, 1.82) is 0 Å². The molecular weight excluding hydrogens is 342 g/mol. The van der Waals surface area contributed by atoms with Crippen LogP contribution in [0, 0.1) is 0 Å².